The lowest BCUT2D eigenvalue weighted by Crippen LogP contribution is -2.63. The number of amides is 6. The lowest BCUT2D eigenvalue weighted by molar-refractivity contribution is -0.190. The summed E-state index contributed by atoms with van der Waals surface area (Å²) in [5.74, 6) is -0.692. The maximum Gasteiger partial charge on any atom is 0.244 e. The molecule has 6 aliphatic heterocycles. The Morgan fingerprint density at radius 2 is 0.945 bits per heavy atom. The number of para-hydroxylation sites is 1. The van der Waals surface area contributed by atoms with Gasteiger partial charge in [-0.1, -0.05) is 41.4 Å². The summed E-state index contributed by atoms with van der Waals surface area (Å²) in [6.07, 6.45) is 6.93. The molecule has 6 aliphatic rings. The van der Waals surface area contributed by atoms with Crippen LogP contribution in [-0.4, -0.2) is 259 Å². The summed E-state index contributed by atoms with van der Waals surface area (Å²) >= 11 is 12.9. The zero-order valence-corrected chi connectivity index (χ0v) is 66.3. The van der Waals surface area contributed by atoms with Gasteiger partial charge in [0.15, 0.2) is 0 Å². The van der Waals surface area contributed by atoms with Crippen molar-refractivity contribution in [2.75, 3.05) is 121 Å². The van der Waals surface area contributed by atoms with E-state index in [2.05, 4.69) is 53.0 Å². The van der Waals surface area contributed by atoms with Gasteiger partial charge < -0.3 is 74.0 Å². The van der Waals surface area contributed by atoms with E-state index >= 15 is 0 Å². The van der Waals surface area contributed by atoms with Crippen molar-refractivity contribution in [3.05, 3.63) is 113 Å². The molecular weight excluding hydrogens is 1430 g/mol. The fourth-order valence-electron chi connectivity index (χ4n) is 16.3. The fourth-order valence-corrected chi connectivity index (χ4v) is 16.7. The number of carbonyl (C=O) groups is 6. The third-order valence-electron chi connectivity index (χ3n) is 21.0. The number of hydrogen-bond donors (Lipinski definition) is 6. The Kier molecular flexibility index (Phi) is 22.7. The van der Waals surface area contributed by atoms with Crippen LogP contribution < -0.4 is 16.0 Å². The van der Waals surface area contributed by atoms with Crippen molar-refractivity contribution < 1.29 is 57.2 Å². The molecule has 0 aliphatic carbocycles. The standard InChI is InChI=1S/C28H36ClN5O4.C28H36N4O4.C25H30ClN5O4/c1-26(2)14-33(12-23(35)34-15-27(3,4)38-28(5,6)16-34)22(13-37-26)25(36)32-20-10-17(29)9-19-18-7-8-30-11-21(18)31-24(19)20;1-17-10-21-20-8-6-7-9-22(20)29-26(21)23(11-17)30-27(34)24-15-35-28(4,5)16-32(24)14-25(33)31-12-18(2)36-19(3)13-31;1-15(24(33)30-6-8-34-9-7-30)31-14-25(2,3)35-13-21(31)23(32)29-19-11-16(26)10-18-17-4-5-27-12-20(17)28-22(18)19/h7-11,22,31H,12-16H2,1-6H3,(H,32,36);6-11,18-19,24,29H,12-16H2,1-5H3,(H,30,34);4-5,10-12,15,21,28H,6-9,13-14H2,1-3H3,(H,29,32)/t22-;18-,19+,24?;15-,21-/m0.0/s1. The number of aryl methyl sites for hydroxylation is 1. The molecule has 11 heterocycles. The summed E-state index contributed by atoms with van der Waals surface area (Å²) in [4.78, 5) is 111. The Morgan fingerprint density at radius 3 is 1.46 bits per heavy atom. The van der Waals surface area contributed by atoms with Gasteiger partial charge in [-0.3, -0.25) is 53.4 Å². The number of anilines is 3. The summed E-state index contributed by atoms with van der Waals surface area (Å²) in [5.41, 5.74) is 5.78. The minimum atomic E-state index is -0.644. The third-order valence-corrected chi connectivity index (χ3v) is 21.4. The molecule has 0 radical (unpaired) electrons. The largest absolute Gasteiger partial charge is 0.378 e. The first-order valence-electron chi connectivity index (χ1n) is 37.5. The summed E-state index contributed by atoms with van der Waals surface area (Å²) in [7, 11) is 0. The van der Waals surface area contributed by atoms with Crippen LogP contribution in [0.25, 0.3) is 65.4 Å². The van der Waals surface area contributed by atoms with E-state index in [-0.39, 0.29) is 80.6 Å². The Hall–Kier alpha value is -8.38. The molecule has 9 aromatic rings. The number of morpholine rings is 6. The number of aromatic nitrogens is 5. The number of aromatic amines is 3. The number of nitrogens with one attached hydrogen (secondary N) is 6. The molecule has 1 unspecified atom stereocenters. The van der Waals surface area contributed by atoms with Crippen molar-refractivity contribution in [2.45, 2.75) is 161 Å². The van der Waals surface area contributed by atoms with E-state index in [1.807, 2.05) is 175 Å². The molecule has 4 aromatic carbocycles. The van der Waals surface area contributed by atoms with Crippen molar-refractivity contribution in [1.29, 1.82) is 0 Å². The third kappa shape index (κ3) is 18.0. The van der Waals surface area contributed by atoms with Crippen LogP contribution in [0.5, 0.6) is 0 Å². The quantitative estimate of drug-likeness (QED) is 0.0663. The van der Waals surface area contributed by atoms with Crippen LogP contribution in [0.15, 0.2) is 97.6 Å². The van der Waals surface area contributed by atoms with Gasteiger partial charge in [-0.15, -0.1) is 0 Å². The van der Waals surface area contributed by atoms with Crippen LogP contribution in [-0.2, 0) is 57.2 Å². The molecule has 5 aromatic heterocycles. The number of H-pyrrole nitrogens is 3. The van der Waals surface area contributed by atoms with E-state index in [0.717, 1.165) is 76.7 Å². The van der Waals surface area contributed by atoms with Gasteiger partial charge in [0, 0.05) is 119 Å². The van der Waals surface area contributed by atoms with Crippen LogP contribution in [0.4, 0.5) is 17.1 Å². The SMILES string of the molecule is CC1(C)CN(CC(=O)N2CC(C)(C)OC(C)(C)C2)[C@H](C(=O)Nc2cc(Cl)cc3c2[nH]c2cnccc23)CO1.C[C@@H](C(=O)N1CCOCC1)N1CC(C)(C)OC[C@H]1C(=O)Nc1cc(Cl)cc2c1[nH]c1cnccc12.Cc1cc(NC(=O)C2COC(C)(C)CN2CC(=O)N2C[C@@H](C)O[C@@H](C)C2)c2[nH]c3ccccc3c2c1. The predicted molar refractivity (Wildman–Crippen MR) is 424 cm³/mol. The van der Waals surface area contributed by atoms with E-state index in [0.29, 0.717) is 93.5 Å². The number of carbonyl (C=O) groups excluding carboxylic acids is 6. The number of pyridine rings is 2. The topological polar surface area (TPSA) is 286 Å². The zero-order chi connectivity index (χ0) is 77.8. The van der Waals surface area contributed by atoms with Crippen molar-refractivity contribution in [2.24, 2.45) is 0 Å². The van der Waals surface area contributed by atoms with E-state index in [9.17, 15) is 28.8 Å². The van der Waals surface area contributed by atoms with Gasteiger partial charge in [0.05, 0.1) is 149 Å². The van der Waals surface area contributed by atoms with Gasteiger partial charge in [-0.25, -0.2) is 0 Å². The molecule has 6 amide bonds. The van der Waals surface area contributed by atoms with Crippen LogP contribution in [0, 0.1) is 6.92 Å². The number of nitrogens with zero attached hydrogens (tertiary/aromatic N) is 8. The number of benzene rings is 4. The smallest absolute Gasteiger partial charge is 0.244 e. The highest BCUT2D eigenvalue weighted by atomic mass is 35.5. The van der Waals surface area contributed by atoms with Crippen molar-refractivity contribution >= 4 is 141 Å². The number of ether oxygens (including phenoxy) is 6. The first kappa shape index (κ1) is 78.7. The molecule has 6 N–H and O–H groups in total. The first-order valence-corrected chi connectivity index (χ1v) is 38.3. The maximum atomic E-state index is 13.7. The minimum absolute atomic E-state index is 0.00189. The molecule has 582 valence electrons. The molecule has 26 nitrogen and oxygen atoms in total. The van der Waals surface area contributed by atoms with Crippen LogP contribution >= 0.6 is 23.2 Å². The number of fused-ring (bicyclic) bond motifs is 9. The van der Waals surface area contributed by atoms with Crippen LogP contribution in [0.2, 0.25) is 10.0 Å². The van der Waals surface area contributed by atoms with Gasteiger partial charge in [0.1, 0.15) is 18.1 Å². The lowest BCUT2D eigenvalue weighted by atomic mass is 9.98. The predicted octanol–water partition coefficient (Wildman–Crippen LogP) is 10.9. The molecule has 0 spiro atoms. The minimum Gasteiger partial charge on any atom is -0.378 e. The second-order valence-corrected chi connectivity index (χ2v) is 33.9. The number of rotatable bonds is 12. The van der Waals surface area contributed by atoms with Crippen molar-refractivity contribution in [1.82, 2.24) is 54.3 Å². The first-order chi connectivity index (χ1) is 51.5. The average molecular weight is 1530 g/mol. The Balaban J connectivity index is 0.000000144. The Labute approximate surface area is 644 Å². The average Bonchev–Trinajstić information content (AvgIpc) is 1.70. The summed E-state index contributed by atoms with van der Waals surface area (Å²) in [6.45, 7) is 34.2. The number of halogens is 2. The fraction of sp³-hybridized carbons (Fsp3) is 0.506. The van der Waals surface area contributed by atoms with E-state index in [1.165, 1.54) is 0 Å². The zero-order valence-electron chi connectivity index (χ0n) is 64.7. The van der Waals surface area contributed by atoms with Crippen LogP contribution in [0.1, 0.15) is 95.6 Å². The maximum absolute atomic E-state index is 13.7. The van der Waals surface area contributed by atoms with Crippen LogP contribution in [0.3, 0.4) is 0 Å². The van der Waals surface area contributed by atoms with Gasteiger partial charge in [0.25, 0.3) is 0 Å². The summed E-state index contributed by atoms with van der Waals surface area (Å²) in [5, 5.41) is 16.2. The van der Waals surface area contributed by atoms with Gasteiger partial charge in [0.2, 0.25) is 35.4 Å². The highest BCUT2D eigenvalue weighted by Gasteiger charge is 2.46. The molecule has 109 heavy (non-hydrogen) atoms. The molecule has 28 heteroatoms. The molecule has 6 saturated heterocycles. The van der Waals surface area contributed by atoms with Gasteiger partial charge in [-0.2, -0.15) is 0 Å². The molecule has 0 saturated carbocycles. The van der Waals surface area contributed by atoms with E-state index in [4.69, 9.17) is 51.6 Å². The Bertz CT molecular complexity index is 4900. The molecule has 6 fully saturated rings. The van der Waals surface area contributed by atoms with Gasteiger partial charge >= 0.3 is 0 Å². The molecule has 6 atom stereocenters. The lowest BCUT2D eigenvalue weighted by Gasteiger charge is -2.48. The molecule has 0 bridgehead atoms. The normalized spacial score (nSPS) is 23.2. The van der Waals surface area contributed by atoms with Crippen molar-refractivity contribution in [3.8, 4) is 0 Å². The van der Waals surface area contributed by atoms with E-state index < -0.39 is 52.2 Å². The monoisotopic (exact) mass is 1530 g/mol. The molecular formula is C81H102Cl2N14O12. The second kappa shape index (κ2) is 31.4. The van der Waals surface area contributed by atoms with E-state index in [1.54, 1.807) is 36.9 Å². The van der Waals surface area contributed by atoms with Gasteiger partial charge in [-0.05, 0) is 157 Å². The summed E-state index contributed by atoms with van der Waals surface area (Å²) in [6, 6.07) is 20.9. The Morgan fingerprint density at radius 1 is 0.514 bits per heavy atom. The summed E-state index contributed by atoms with van der Waals surface area (Å²) < 4.78 is 35.4. The number of hydrogen-bond acceptors (Lipinski definition) is 17. The second-order valence-electron chi connectivity index (χ2n) is 33.0. The highest BCUT2D eigenvalue weighted by Crippen LogP contribution is 2.38. The van der Waals surface area contributed by atoms with Crippen molar-refractivity contribution in [3.63, 3.8) is 0 Å². The highest BCUT2D eigenvalue weighted by molar-refractivity contribution is 6.33. The molecule has 15 rings (SSSR count).